The molecule has 0 aliphatic carbocycles. The lowest BCUT2D eigenvalue weighted by atomic mass is 10.2. The summed E-state index contributed by atoms with van der Waals surface area (Å²) in [5.41, 5.74) is 6.99. The molecule has 0 bridgehead atoms. The van der Waals surface area contributed by atoms with Crippen molar-refractivity contribution in [2.75, 3.05) is 13.7 Å². The number of halogens is 3. The van der Waals surface area contributed by atoms with Crippen LogP contribution >= 0.6 is 11.6 Å². The van der Waals surface area contributed by atoms with Gasteiger partial charge in [0, 0.05) is 17.1 Å². The van der Waals surface area contributed by atoms with Gasteiger partial charge in [-0.15, -0.1) is 0 Å². The minimum absolute atomic E-state index is 0.0525. The first-order chi connectivity index (χ1) is 13.4. The molecule has 1 amide bonds. The third-order valence-corrected chi connectivity index (χ3v) is 3.69. The molecule has 28 heavy (non-hydrogen) atoms. The third kappa shape index (κ3) is 6.58. The number of alkyl halides is 2. The lowest BCUT2D eigenvalue weighted by Gasteiger charge is -2.11. The van der Waals surface area contributed by atoms with Gasteiger partial charge >= 0.3 is 6.61 Å². The number of hydrogen-bond donors (Lipinski definition) is 2. The molecule has 10 heteroatoms. The second kappa shape index (κ2) is 10.3. The van der Waals surface area contributed by atoms with E-state index in [0.717, 1.165) is 5.56 Å². The number of nitrogens with two attached hydrogens (primary N) is 1. The molecule has 0 saturated carbocycles. The maximum Gasteiger partial charge on any atom is 0.387 e. The molecule has 0 aliphatic rings. The van der Waals surface area contributed by atoms with Crippen LogP contribution in [-0.4, -0.2) is 32.1 Å². The highest BCUT2D eigenvalue weighted by molar-refractivity contribution is 6.30. The van der Waals surface area contributed by atoms with Gasteiger partial charge in [-0.3, -0.25) is 4.79 Å². The quantitative estimate of drug-likeness (QED) is 0.374. The summed E-state index contributed by atoms with van der Waals surface area (Å²) in [6, 6.07) is 11.0. The van der Waals surface area contributed by atoms with E-state index in [1.165, 1.54) is 25.3 Å². The number of amides is 1. The van der Waals surface area contributed by atoms with Crippen molar-refractivity contribution in [3.8, 4) is 11.5 Å². The number of carbonyl (C=O) groups excluding carboxylic acids is 1. The molecule has 7 nitrogen and oxygen atoms in total. The van der Waals surface area contributed by atoms with Gasteiger partial charge in [0.2, 0.25) is 0 Å². The van der Waals surface area contributed by atoms with Crippen molar-refractivity contribution < 1.29 is 27.9 Å². The van der Waals surface area contributed by atoms with E-state index < -0.39 is 12.5 Å². The molecule has 0 unspecified atom stereocenters. The Morgan fingerprint density at radius 2 is 1.93 bits per heavy atom. The van der Waals surface area contributed by atoms with Crippen molar-refractivity contribution in [1.29, 1.82) is 0 Å². The van der Waals surface area contributed by atoms with Gasteiger partial charge < -0.3 is 25.4 Å². The maximum atomic E-state index is 12.3. The van der Waals surface area contributed by atoms with Crippen molar-refractivity contribution in [2.45, 2.75) is 13.2 Å². The summed E-state index contributed by atoms with van der Waals surface area (Å²) in [5, 5.41) is 6.89. The van der Waals surface area contributed by atoms with Crippen LogP contribution in [0.4, 0.5) is 8.78 Å². The summed E-state index contributed by atoms with van der Waals surface area (Å²) in [6.07, 6.45) is 0. The molecule has 0 radical (unpaired) electrons. The molecule has 0 aromatic heterocycles. The highest BCUT2D eigenvalue weighted by atomic mass is 35.5. The average Bonchev–Trinajstić information content (AvgIpc) is 2.67. The molecule has 0 fully saturated rings. The number of carbonyl (C=O) groups is 1. The van der Waals surface area contributed by atoms with Crippen LogP contribution in [-0.2, 0) is 16.2 Å². The topological polar surface area (TPSA) is 95.2 Å². The standard InChI is InChI=1S/C18H18ClF2N3O4/c1-26-15-8-12(4-7-14(15)28-18(20)21)17(22)24-27-10-16(25)23-9-11-2-5-13(19)6-3-11/h2-8,18H,9-10H2,1H3,(H2,22,24)(H,23,25). The molecule has 0 aliphatic heterocycles. The predicted octanol–water partition coefficient (Wildman–Crippen LogP) is 2.90. The third-order valence-electron chi connectivity index (χ3n) is 3.44. The summed E-state index contributed by atoms with van der Waals surface area (Å²) >= 11 is 5.79. The second-order valence-electron chi connectivity index (χ2n) is 5.40. The summed E-state index contributed by atoms with van der Waals surface area (Å²) in [4.78, 5) is 16.7. The van der Waals surface area contributed by atoms with Crippen LogP contribution in [0.2, 0.25) is 5.02 Å². The van der Waals surface area contributed by atoms with E-state index in [4.69, 9.17) is 26.9 Å². The Morgan fingerprint density at radius 3 is 2.57 bits per heavy atom. The molecule has 0 saturated heterocycles. The first-order valence-electron chi connectivity index (χ1n) is 7.99. The van der Waals surface area contributed by atoms with Crippen LogP contribution in [0.15, 0.2) is 47.6 Å². The maximum absolute atomic E-state index is 12.3. The molecular weight excluding hydrogens is 396 g/mol. The predicted molar refractivity (Wildman–Crippen MR) is 99.6 cm³/mol. The fraction of sp³-hybridized carbons (Fsp3) is 0.222. The van der Waals surface area contributed by atoms with Crippen LogP contribution in [0.5, 0.6) is 11.5 Å². The zero-order valence-corrected chi connectivity index (χ0v) is 15.6. The largest absolute Gasteiger partial charge is 0.493 e. The Kier molecular flexibility index (Phi) is 7.82. The molecule has 2 aromatic carbocycles. The van der Waals surface area contributed by atoms with Crippen LogP contribution < -0.4 is 20.5 Å². The average molecular weight is 414 g/mol. The lowest BCUT2D eigenvalue weighted by molar-refractivity contribution is -0.125. The number of ether oxygens (including phenoxy) is 2. The van der Waals surface area contributed by atoms with E-state index in [9.17, 15) is 13.6 Å². The SMILES string of the molecule is COc1cc(C(N)=NOCC(=O)NCc2ccc(Cl)cc2)ccc1OC(F)F. The van der Waals surface area contributed by atoms with E-state index in [0.29, 0.717) is 17.1 Å². The van der Waals surface area contributed by atoms with Gasteiger partial charge in [-0.25, -0.2) is 0 Å². The Hall–Kier alpha value is -3.07. The number of oxime groups is 1. The van der Waals surface area contributed by atoms with Crippen LogP contribution in [0.3, 0.4) is 0 Å². The molecule has 150 valence electrons. The fourth-order valence-corrected chi connectivity index (χ4v) is 2.21. The van der Waals surface area contributed by atoms with Crippen molar-refractivity contribution in [1.82, 2.24) is 5.32 Å². The van der Waals surface area contributed by atoms with E-state index >= 15 is 0 Å². The highest BCUT2D eigenvalue weighted by Gasteiger charge is 2.12. The van der Waals surface area contributed by atoms with Crippen molar-refractivity contribution in [2.24, 2.45) is 10.9 Å². The van der Waals surface area contributed by atoms with Gasteiger partial charge in [0.15, 0.2) is 23.9 Å². The minimum Gasteiger partial charge on any atom is -0.493 e. The monoisotopic (exact) mass is 413 g/mol. The van der Waals surface area contributed by atoms with E-state index in [1.54, 1.807) is 24.3 Å². The zero-order chi connectivity index (χ0) is 20.5. The number of benzene rings is 2. The molecule has 0 heterocycles. The molecule has 2 rings (SSSR count). The molecule has 0 atom stereocenters. The summed E-state index contributed by atoms with van der Waals surface area (Å²) in [7, 11) is 1.30. The van der Waals surface area contributed by atoms with Gasteiger partial charge in [0.25, 0.3) is 5.91 Å². The van der Waals surface area contributed by atoms with Crippen molar-refractivity contribution in [3.05, 3.63) is 58.6 Å². The summed E-state index contributed by atoms with van der Waals surface area (Å²) < 4.78 is 34.0. The fourth-order valence-electron chi connectivity index (χ4n) is 2.09. The van der Waals surface area contributed by atoms with E-state index in [2.05, 4.69) is 15.2 Å². The molecule has 0 spiro atoms. The molecule has 2 aromatic rings. The number of rotatable bonds is 9. The van der Waals surface area contributed by atoms with Crippen LogP contribution in [0.1, 0.15) is 11.1 Å². The van der Waals surface area contributed by atoms with Crippen molar-refractivity contribution in [3.63, 3.8) is 0 Å². The number of amidine groups is 1. The Bertz CT molecular complexity index is 832. The highest BCUT2D eigenvalue weighted by Crippen LogP contribution is 2.29. The van der Waals surface area contributed by atoms with E-state index in [1.807, 2.05) is 0 Å². The summed E-state index contributed by atoms with van der Waals surface area (Å²) in [5.74, 6) is -0.551. The number of methoxy groups -OCH3 is 1. The van der Waals surface area contributed by atoms with Crippen LogP contribution in [0, 0.1) is 0 Å². The minimum atomic E-state index is -2.99. The number of nitrogens with one attached hydrogen (secondary N) is 1. The van der Waals surface area contributed by atoms with Gasteiger partial charge in [-0.2, -0.15) is 8.78 Å². The Labute approximate surface area is 165 Å². The first-order valence-corrected chi connectivity index (χ1v) is 8.36. The number of nitrogens with zero attached hydrogens (tertiary/aromatic N) is 1. The smallest absolute Gasteiger partial charge is 0.387 e. The number of hydrogen-bond acceptors (Lipinski definition) is 5. The van der Waals surface area contributed by atoms with Gasteiger partial charge in [-0.05, 0) is 35.9 Å². The van der Waals surface area contributed by atoms with Gasteiger partial charge in [0.1, 0.15) is 0 Å². The zero-order valence-electron chi connectivity index (χ0n) is 14.8. The first kappa shape index (κ1) is 21.2. The molecular formula is C18H18ClF2N3O4. The summed E-state index contributed by atoms with van der Waals surface area (Å²) in [6.45, 7) is -3.03. The van der Waals surface area contributed by atoms with Gasteiger partial charge in [0.05, 0.1) is 7.11 Å². The normalized spacial score (nSPS) is 11.2. The van der Waals surface area contributed by atoms with E-state index in [-0.39, 0.29) is 23.9 Å². The Balaban J connectivity index is 1.87. The molecule has 3 N–H and O–H groups in total. The van der Waals surface area contributed by atoms with Crippen molar-refractivity contribution >= 4 is 23.3 Å². The second-order valence-corrected chi connectivity index (χ2v) is 5.83. The van der Waals surface area contributed by atoms with Gasteiger partial charge in [-0.1, -0.05) is 28.9 Å². The lowest BCUT2D eigenvalue weighted by Crippen LogP contribution is -2.27. The van der Waals surface area contributed by atoms with Crippen LogP contribution in [0.25, 0.3) is 0 Å². The Morgan fingerprint density at radius 1 is 1.21 bits per heavy atom.